The van der Waals surface area contributed by atoms with Crippen molar-refractivity contribution >= 4 is 0 Å². The van der Waals surface area contributed by atoms with Gasteiger partial charge in [0.1, 0.15) is 0 Å². The van der Waals surface area contributed by atoms with E-state index in [0.29, 0.717) is 32.3 Å². The van der Waals surface area contributed by atoms with Gasteiger partial charge in [-0.2, -0.15) is 0 Å². The molecule has 21 heavy (non-hydrogen) atoms. The first kappa shape index (κ1) is 14.6. The van der Waals surface area contributed by atoms with Gasteiger partial charge in [-0.3, -0.25) is 0 Å². The second-order valence-electron chi connectivity index (χ2n) is 5.79. The van der Waals surface area contributed by atoms with Crippen LogP contribution in [0.2, 0.25) is 0 Å². The lowest BCUT2D eigenvalue weighted by atomic mass is 9.97. The lowest BCUT2D eigenvalue weighted by Gasteiger charge is -2.28. The molecule has 1 saturated heterocycles. The second-order valence-corrected chi connectivity index (χ2v) is 5.79. The molecule has 2 heterocycles. The van der Waals surface area contributed by atoms with Crippen LogP contribution in [0.15, 0.2) is 18.2 Å². The Morgan fingerprint density at radius 1 is 1.24 bits per heavy atom. The molecule has 5 nitrogen and oxygen atoms in total. The van der Waals surface area contributed by atoms with Crippen molar-refractivity contribution in [3.63, 3.8) is 0 Å². The fourth-order valence-corrected chi connectivity index (χ4v) is 2.88. The minimum absolute atomic E-state index is 0.0273. The van der Waals surface area contributed by atoms with Crippen molar-refractivity contribution in [3.8, 4) is 11.5 Å². The number of hydrogen-bond acceptors (Lipinski definition) is 5. The Bertz CT molecular complexity index is 476. The van der Waals surface area contributed by atoms with Gasteiger partial charge in [0.2, 0.25) is 6.79 Å². The largest absolute Gasteiger partial charge is 0.454 e. The molecule has 1 fully saturated rings. The van der Waals surface area contributed by atoms with E-state index in [9.17, 15) is 10.2 Å². The standard InChI is InChI=1S/C16H22O5/c17-12(8-14-9-13(18)5-6-19-14)3-1-11-2-4-15-16(7-11)21-10-20-15/h2,4,7,12-14,17-18H,1,3,5-6,8-10H2. The van der Waals surface area contributed by atoms with Crippen molar-refractivity contribution in [3.05, 3.63) is 23.8 Å². The van der Waals surface area contributed by atoms with E-state index in [1.54, 1.807) is 0 Å². The Labute approximate surface area is 124 Å². The van der Waals surface area contributed by atoms with Gasteiger partial charge in [-0.25, -0.2) is 0 Å². The second kappa shape index (κ2) is 6.64. The molecule has 1 aromatic carbocycles. The van der Waals surface area contributed by atoms with Crippen LogP contribution in [0.25, 0.3) is 0 Å². The van der Waals surface area contributed by atoms with Crippen LogP contribution in [0.5, 0.6) is 11.5 Å². The maximum atomic E-state index is 10.1. The molecule has 0 aliphatic carbocycles. The summed E-state index contributed by atoms with van der Waals surface area (Å²) < 4.78 is 16.2. The van der Waals surface area contributed by atoms with Crippen molar-refractivity contribution in [2.45, 2.75) is 50.4 Å². The minimum Gasteiger partial charge on any atom is -0.454 e. The summed E-state index contributed by atoms with van der Waals surface area (Å²) in [5, 5.41) is 19.7. The maximum absolute atomic E-state index is 10.1. The van der Waals surface area contributed by atoms with Gasteiger partial charge in [0.25, 0.3) is 0 Å². The van der Waals surface area contributed by atoms with Crippen molar-refractivity contribution < 1.29 is 24.4 Å². The lowest BCUT2D eigenvalue weighted by Crippen LogP contribution is -2.31. The molecule has 3 atom stereocenters. The summed E-state index contributed by atoms with van der Waals surface area (Å²) in [5.74, 6) is 1.56. The van der Waals surface area contributed by atoms with Gasteiger partial charge in [-0.1, -0.05) is 6.07 Å². The van der Waals surface area contributed by atoms with E-state index in [2.05, 4.69) is 0 Å². The zero-order valence-corrected chi connectivity index (χ0v) is 12.0. The highest BCUT2D eigenvalue weighted by Crippen LogP contribution is 2.33. The first-order valence-electron chi connectivity index (χ1n) is 7.57. The van der Waals surface area contributed by atoms with Gasteiger partial charge in [0.15, 0.2) is 11.5 Å². The molecule has 2 N–H and O–H groups in total. The molecule has 3 rings (SSSR count). The van der Waals surface area contributed by atoms with Crippen molar-refractivity contribution in [2.75, 3.05) is 13.4 Å². The summed E-state index contributed by atoms with van der Waals surface area (Å²) in [4.78, 5) is 0. The van der Waals surface area contributed by atoms with E-state index >= 15 is 0 Å². The topological polar surface area (TPSA) is 68.2 Å². The molecule has 0 amide bonds. The van der Waals surface area contributed by atoms with Gasteiger partial charge in [-0.05, 0) is 49.8 Å². The summed E-state index contributed by atoms with van der Waals surface area (Å²) in [7, 11) is 0. The summed E-state index contributed by atoms with van der Waals surface area (Å²) in [5.41, 5.74) is 1.13. The highest BCUT2D eigenvalue weighted by Gasteiger charge is 2.23. The third-order valence-corrected chi connectivity index (χ3v) is 4.08. The molecule has 2 aliphatic rings. The zero-order chi connectivity index (χ0) is 14.7. The smallest absolute Gasteiger partial charge is 0.231 e. The molecule has 2 aliphatic heterocycles. The Balaban J connectivity index is 1.46. The molecule has 0 saturated carbocycles. The summed E-state index contributed by atoms with van der Waals surface area (Å²) >= 11 is 0. The molecule has 0 bridgehead atoms. The number of aryl methyl sites for hydroxylation is 1. The average Bonchev–Trinajstić information content (AvgIpc) is 2.92. The summed E-state index contributed by atoms with van der Waals surface area (Å²) in [6.45, 7) is 0.865. The summed E-state index contributed by atoms with van der Waals surface area (Å²) in [6, 6.07) is 5.88. The van der Waals surface area contributed by atoms with E-state index < -0.39 is 6.10 Å². The van der Waals surface area contributed by atoms with E-state index in [1.165, 1.54) is 0 Å². The number of rotatable bonds is 5. The SMILES string of the molecule is OC1CCOC(CC(O)CCc2ccc3c(c2)OCO3)C1. The molecular formula is C16H22O5. The third-order valence-electron chi connectivity index (χ3n) is 4.08. The zero-order valence-electron chi connectivity index (χ0n) is 12.0. The molecule has 116 valence electrons. The van der Waals surface area contributed by atoms with Crippen LogP contribution in [0.3, 0.4) is 0 Å². The quantitative estimate of drug-likeness (QED) is 0.864. The highest BCUT2D eigenvalue weighted by molar-refractivity contribution is 5.44. The van der Waals surface area contributed by atoms with Gasteiger partial charge < -0.3 is 24.4 Å². The fraction of sp³-hybridized carbons (Fsp3) is 0.625. The molecule has 1 aromatic rings. The minimum atomic E-state index is -0.411. The van der Waals surface area contributed by atoms with Crippen molar-refractivity contribution in [1.82, 2.24) is 0 Å². The molecule has 0 spiro atoms. The first-order valence-corrected chi connectivity index (χ1v) is 7.57. The van der Waals surface area contributed by atoms with E-state index in [1.807, 2.05) is 18.2 Å². The Kier molecular flexibility index (Phi) is 4.63. The molecule has 0 radical (unpaired) electrons. The van der Waals surface area contributed by atoms with E-state index in [-0.39, 0.29) is 19.0 Å². The van der Waals surface area contributed by atoms with Crippen LogP contribution < -0.4 is 9.47 Å². The third kappa shape index (κ3) is 3.87. The molecule has 5 heteroatoms. The fourth-order valence-electron chi connectivity index (χ4n) is 2.88. The number of aliphatic hydroxyl groups excluding tert-OH is 2. The van der Waals surface area contributed by atoms with Crippen molar-refractivity contribution in [1.29, 1.82) is 0 Å². The molecule has 0 aromatic heterocycles. The summed E-state index contributed by atoms with van der Waals surface area (Å²) in [6.07, 6.45) is 2.64. The van der Waals surface area contributed by atoms with Crippen LogP contribution in [0.4, 0.5) is 0 Å². The van der Waals surface area contributed by atoms with Gasteiger partial charge in [0, 0.05) is 6.61 Å². The Hall–Kier alpha value is -1.30. The Morgan fingerprint density at radius 2 is 2.10 bits per heavy atom. The first-order chi connectivity index (χ1) is 10.2. The van der Waals surface area contributed by atoms with Gasteiger partial charge >= 0.3 is 0 Å². The van der Waals surface area contributed by atoms with Crippen LogP contribution in [0, 0.1) is 0 Å². The van der Waals surface area contributed by atoms with Crippen LogP contribution in [0.1, 0.15) is 31.2 Å². The highest BCUT2D eigenvalue weighted by atomic mass is 16.7. The lowest BCUT2D eigenvalue weighted by molar-refractivity contribution is -0.0618. The Morgan fingerprint density at radius 3 is 2.95 bits per heavy atom. The van der Waals surface area contributed by atoms with Crippen LogP contribution >= 0.6 is 0 Å². The number of ether oxygens (including phenoxy) is 3. The normalized spacial score (nSPS) is 25.8. The molecular weight excluding hydrogens is 272 g/mol. The van der Waals surface area contributed by atoms with Gasteiger partial charge in [-0.15, -0.1) is 0 Å². The maximum Gasteiger partial charge on any atom is 0.231 e. The van der Waals surface area contributed by atoms with E-state index in [4.69, 9.17) is 14.2 Å². The predicted molar refractivity (Wildman–Crippen MR) is 76.5 cm³/mol. The van der Waals surface area contributed by atoms with Gasteiger partial charge in [0.05, 0.1) is 18.3 Å². The van der Waals surface area contributed by atoms with Crippen LogP contribution in [-0.4, -0.2) is 41.9 Å². The van der Waals surface area contributed by atoms with E-state index in [0.717, 1.165) is 23.5 Å². The number of hydrogen-bond donors (Lipinski definition) is 2. The monoisotopic (exact) mass is 294 g/mol. The molecule has 3 unspecified atom stereocenters. The number of fused-ring (bicyclic) bond motifs is 1. The number of benzene rings is 1. The predicted octanol–water partition coefficient (Wildman–Crippen LogP) is 1.64. The van der Waals surface area contributed by atoms with Crippen LogP contribution in [-0.2, 0) is 11.2 Å². The number of aliphatic hydroxyl groups is 2. The van der Waals surface area contributed by atoms with Crippen molar-refractivity contribution in [2.24, 2.45) is 0 Å². The average molecular weight is 294 g/mol.